The Morgan fingerprint density at radius 3 is 2.57 bits per heavy atom. The average Bonchev–Trinajstić information content (AvgIpc) is 3.54. The van der Waals surface area contributed by atoms with Gasteiger partial charge in [-0.15, -0.1) is 0 Å². The van der Waals surface area contributed by atoms with Crippen LogP contribution < -0.4 is 10.6 Å². The maximum atomic E-state index is 12.6. The third-order valence-electron chi connectivity index (χ3n) is 5.20. The zero-order valence-corrected chi connectivity index (χ0v) is 15.6. The Morgan fingerprint density at radius 2 is 1.86 bits per heavy atom. The number of benzene rings is 2. The topological polar surface area (TPSA) is 78.5 Å². The molecule has 6 heteroatoms. The molecule has 1 aliphatic carbocycles. The number of amides is 4. The second-order valence-electron chi connectivity index (χ2n) is 7.45. The molecule has 1 heterocycles. The van der Waals surface area contributed by atoms with E-state index in [4.69, 9.17) is 0 Å². The van der Waals surface area contributed by atoms with Crippen molar-refractivity contribution in [3.05, 3.63) is 71.3 Å². The standard InChI is InChI=1S/C22H23N3O3/c26-20-12-19(17-6-2-1-3-7-17)24-22(28)25(20)14-16-5-4-8-18(11-16)21(27)23-13-15-9-10-15/h1-8,11,15,19H,9-10,12-14H2,(H,23,27)(H,24,28). The van der Waals surface area contributed by atoms with Crippen LogP contribution in [0.25, 0.3) is 0 Å². The number of carbonyl (C=O) groups is 3. The van der Waals surface area contributed by atoms with Gasteiger partial charge >= 0.3 is 6.03 Å². The van der Waals surface area contributed by atoms with Gasteiger partial charge in [0.05, 0.1) is 19.0 Å². The highest BCUT2D eigenvalue weighted by Gasteiger charge is 2.32. The van der Waals surface area contributed by atoms with Crippen molar-refractivity contribution >= 4 is 17.8 Å². The molecule has 1 aliphatic heterocycles. The lowest BCUT2D eigenvalue weighted by Gasteiger charge is -2.31. The predicted molar refractivity (Wildman–Crippen MR) is 104 cm³/mol. The summed E-state index contributed by atoms with van der Waals surface area (Å²) in [6.45, 7) is 0.854. The Balaban J connectivity index is 1.41. The summed E-state index contributed by atoms with van der Waals surface area (Å²) in [4.78, 5) is 38.6. The first kappa shape index (κ1) is 18.2. The van der Waals surface area contributed by atoms with E-state index >= 15 is 0 Å². The van der Waals surface area contributed by atoms with Gasteiger partial charge in [0, 0.05) is 12.1 Å². The molecule has 2 fully saturated rings. The molecule has 2 aromatic rings. The largest absolute Gasteiger partial charge is 0.352 e. The first-order chi connectivity index (χ1) is 13.6. The van der Waals surface area contributed by atoms with Crippen LogP contribution in [0, 0.1) is 5.92 Å². The van der Waals surface area contributed by atoms with Gasteiger partial charge in [-0.25, -0.2) is 4.79 Å². The smallest absolute Gasteiger partial charge is 0.324 e. The molecule has 0 bridgehead atoms. The van der Waals surface area contributed by atoms with Crippen molar-refractivity contribution in [1.82, 2.24) is 15.5 Å². The highest BCUT2D eigenvalue weighted by Crippen LogP contribution is 2.27. The lowest BCUT2D eigenvalue weighted by atomic mass is 10.0. The van der Waals surface area contributed by atoms with E-state index in [1.54, 1.807) is 18.2 Å². The van der Waals surface area contributed by atoms with Crippen LogP contribution in [0.1, 0.15) is 46.8 Å². The number of imide groups is 1. The molecule has 0 radical (unpaired) electrons. The molecule has 1 saturated heterocycles. The molecule has 0 spiro atoms. The minimum Gasteiger partial charge on any atom is -0.352 e. The maximum absolute atomic E-state index is 12.6. The van der Waals surface area contributed by atoms with E-state index in [2.05, 4.69) is 10.6 Å². The van der Waals surface area contributed by atoms with Crippen LogP contribution in [0.4, 0.5) is 4.79 Å². The van der Waals surface area contributed by atoms with Crippen molar-refractivity contribution in [3.8, 4) is 0 Å². The Hall–Kier alpha value is -3.15. The molecule has 1 unspecified atom stereocenters. The minimum absolute atomic E-state index is 0.118. The molecule has 28 heavy (non-hydrogen) atoms. The molecule has 144 valence electrons. The van der Waals surface area contributed by atoms with Gasteiger partial charge in [0.25, 0.3) is 5.91 Å². The summed E-state index contributed by atoms with van der Waals surface area (Å²) in [7, 11) is 0. The van der Waals surface area contributed by atoms with E-state index in [1.165, 1.54) is 17.7 Å². The fourth-order valence-corrected chi connectivity index (χ4v) is 3.38. The SMILES string of the molecule is O=C(NCC1CC1)c1cccc(CN2C(=O)CC(c3ccccc3)NC2=O)c1. The zero-order chi connectivity index (χ0) is 19.5. The summed E-state index contributed by atoms with van der Waals surface area (Å²) < 4.78 is 0. The van der Waals surface area contributed by atoms with Gasteiger partial charge in [0.2, 0.25) is 5.91 Å². The van der Waals surface area contributed by atoms with Crippen LogP contribution in [-0.4, -0.2) is 29.3 Å². The van der Waals surface area contributed by atoms with E-state index in [0.29, 0.717) is 18.0 Å². The summed E-state index contributed by atoms with van der Waals surface area (Å²) in [5.74, 6) is 0.271. The number of hydrogen-bond acceptors (Lipinski definition) is 3. The highest BCUT2D eigenvalue weighted by atomic mass is 16.2. The molecule has 6 nitrogen and oxygen atoms in total. The predicted octanol–water partition coefficient (Wildman–Crippen LogP) is 3.01. The Morgan fingerprint density at radius 1 is 1.07 bits per heavy atom. The van der Waals surface area contributed by atoms with Crippen molar-refractivity contribution < 1.29 is 14.4 Å². The first-order valence-corrected chi connectivity index (χ1v) is 9.63. The molecular weight excluding hydrogens is 354 g/mol. The van der Waals surface area contributed by atoms with Crippen LogP contribution in [0.3, 0.4) is 0 Å². The summed E-state index contributed by atoms with van der Waals surface area (Å²) in [6, 6.07) is 15.8. The van der Waals surface area contributed by atoms with Crippen LogP contribution in [0.15, 0.2) is 54.6 Å². The second-order valence-corrected chi connectivity index (χ2v) is 7.45. The summed E-state index contributed by atoms with van der Waals surface area (Å²) in [6.07, 6.45) is 2.57. The summed E-state index contributed by atoms with van der Waals surface area (Å²) in [5.41, 5.74) is 2.21. The third-order valence-corrected chi connectivity index (χ3v) is 5.20. The zero-order valence-electron chi connectivity index (χ0n) is 15.6. The Bertz CT molecular complexity index is 875. The molecule has 0 aromatic heterocycles. The molecule has 4 amide bonds. The quantitative estimate of drug-likeness (QED) is 0.812. The normalized spacial score (nSPS) is 19.3. The third kappa shape index (κ3) is 4.22. The van der Waals surface area contributed by atoms with Crippen LogP contribution in [0.2, 0.25) is 0 Å². The van der Waals surface area contributed by atoms with Gasteiger partial charge in [-0.05, 0) is 42.0 Å². The van der Waals surface area contributed by atoms with Crippen molar-refractivity contribution in [2.24, 2.45) is 5.92 Å². The summed E-state index contributed by atoms with van der Waals surface area (Å²) >= 11 is 0. The number of nitrogens with zero attached hydrogens (tertiary/aromatic N) is 1. The molecule has 2 N–H and O–H groups in total. The Labute approximate surface area is 163 Å². The fourth-order valence-electron chi connectivity index (χ4n) is 3.38. The van der Waals surface area contributed by atoms with Gasteiger partial charge in [-0.1, -0.05) is 42.5 Å². The minimum atomic E-state index is -0.409. The van der Waals surface area contributed by atoms with Gasteiger partial charge in [0.15, 0.2) is 0 Å². The number of nitrogens with one attached hydrogen (secondary N) is 2. The van der Waals surface area contributed by atoms with Gasteiger partial charge in [-0.2, -0.15) is 0 Å². The maximum Gasteiger partial charge on any atom is 0.324 e. The van der Waals surface area contributed by atoms with E-state index in [1.807, 2.05) is 36.4 Å². The number of rotatable bonds is 6. The van der Waals surface area contributed by atoms with Gasteiger partial charge in [0.1, 0.15) is 0 Å². The fraction of sp³-hybridized carbons (Fsp3) is 0.318. The average molecular weight is 377 g/mol. The lowest BCUT2D eigenvalue weighted by molar-refractivity contribution is -0.130. The lowest BCUT2D eigenvalue weighted by Crippen LogP contribution is -2.50. The molecule has 2 aliphatic rings. The van der Waals surface area contributed by atoms with Crippen molar-refractivity contribution in [2.75, 3.05) is 6.54 Å². The van der Waals surface area contributed by atoms with E-state index in [0.717, 1.165) is 11.1 Å². The first-order valence-electron chi connectivity index (χ1n) is 9.63. The van der Waals surface area contributed by atoms with Gasteiger partial charge in [-0.3, -0.25) is 14.5 Å². The van der Waals surface area contributed by atoms with Crippen molar-refractivity contribution in [3.63, 3.8) is 0 Å². The molecule has 1 saturated carbocycles. The van der Waals surface area contributed by atoms with E-state index < -0.39 is 6.03 Å². The van der Waals surface area contributed by atoms with E-state index in [9.17, 15) is 14.4 Å². The van der Waals surface area contributed by atoms with Crippen LogP contribution in [-0.2, 0) is 11.3 Å². The van der Waals surface area contributed by atoms with Crippen LogP contribution in [0.5, 0.6) is 0 Å². The Kier molecular flexibility index (Phi) is 5.10. The number of hydrogen-bond donors (Lipinski definition) is 2. The van der Waals surface area contributed by atoms with Crippen molar-refractivity contribution in [2.45, 2.75) is 31.8 Å². The molecule has 4 rings (SSSR count). The van der Waals surface area contributed by atoms with Crippen LogP contribution >= 0.6 is 0 Å². The molecule has 2 aromatic carbocycles. The van der Waals surface area contributed by atoms with E-state index in [-0.39, 0.29) is 30.8 Å². The summed E-state index contributed by atoms with van der Waals surface area (Å²) in [5, 5.41) is 5.83. The second kappa shape index (κ2) is 7.84. The monoisotopic (exact) mass is 377 g/mol. The molecule has 1 atom stereocenters. The van der Waals surface area contributed by atoms with Crippen molar-refractivity contribution in [1.29, 1.82) is 0 Å². The molecular formula is C22H23N3O3. The number of carbonyl (C=O) groups excluding carboxylic acids is 3. The highest BCUT2D eigenvalue weighted by molar-refractivity contribution is 5.97. The van der Waals surface area contributed by atoms with Gasteiger partial charge < -0.3 is 10.6 Å². The number of urea groups is 1.